The molecule has 0 spiro atoms. The molecule has 0 bridgehead atoms. The molecule has 1 aliphatic rings. The fraction of sp³-hybridized carbons (Fsp3) is 0.308. The van der Waals surface area contributed by atoms with Crippen LogP contribution in [0.25, 0.3) is 0 Å². The maximum absolute atomic E-state index is 12.3. The number of nitrogens with one attached hydrogen (secondary N) is 2. The third kappa shape index (κ3) is 6.70. The molecule has 0 radical (unpaired) electrons. The average Bonchev–Trinajstić information content (AvgIpc) is 2.90. The Morgan fingerprint density at radius 1 is 1.23 bits per heavy atom. The first-order valence-electron chi connectivity index (χ1n) is 11.5. The number of anilines is 2. The highest BCUT2D eigenvalue weighted by Crippen LogP contribution is 2.34. The van der Waals surface area contributed by atoms with Gasteiger partial charge in [-0.1, -0.05) is 12.1 Å². The predicted octanol–water partition coefficient (Wildman–Crippen LogP) is 3.40. The van der Waals surface area contributed by atoms with Gasteiger partial charge in [-0.15, -0.1) is 11.6 Å². The number of halogens is 1. The van der Waals surface area contributed by atoms with Crippen molar-refractivity contribution in [2.75, 3.05) is 38.2 Å². The van der Waals surface area contributed by atoms with Gasteiger partial charge in [0.15, 0.2) is 0 Å². The molecule has 0 aliphatic carbocycles. The SMILES string of the molecule is NC(CNC(=O)c1cccnc1)CN1CCOCC1c1cc(Nc2ccc(CCl)cc2)ccc1O. The summed E-state index contributed by atoms with van der Waals surface area (Å²) in [5.74, 6) is 0.464. The zero-order chi connectivity index (χ0) is 24.6. The number of alkyl halides is 1. The molecule has 2 unspecified atom stereocenters. The molecule has 2 heterocycles. The van der Waals surface area contributed by atoms with Crippen molar-refractivity contribution in [1.82, 2.24) is 15.2 Å². The molecule has 1 saturated heterocycles. The molecule has 9 heteroatoms. The molecule has 2 aromatic carbocycles. The highest BCUT2D eigenvalue weighted by molar-refractivity contribution is 6.17. The number of phenolic OH excluding ortho intramolecular Hbond substituents is 1. The Labute approximate surface area is 210 Å². The molecule has 0 saturated carbocycles. The number of hydrogen-bond donors (Lipinski definition) is 4. The number of aromatic nitrogens is 1. The van der Waals surface area contributed by atoms with E-state index in [1.165, 1.54) is 6.20 Å². The summed E-state index contributed by atoms with van der Waals surface area (Å²) in [4.78, 5) is 18.5. The fourth-order valence-corrected chi connectivity index (χ4v) is 4.25. The number of benzene rings is 2. The quantitative estimate of drug-likeness (QED) is 0.266. The van der Waals surface area contributed by atoms with E-state index < -0.39 is 0 Å². The van der Waals surface area contributed by atoms with Crippen LogP contribution in [0.3, 0.4) is 0 Å². The Hall–Kier alpha value is -3.17. The molecular formula is C26H30ClN5O3. The van der Waals surface area contributed by atoms with Gasteiger partial charge in [0.25, 0.3) is 5.91 Å². The van der Waals surface area contributed by atoms with E-state index in [0.29, 0.717) is 44.3 Å². The van der Waals surface area contributed by atoms with Crippen molar-refractivity contribution in [2.24, 2.45) is 5.73 Å². The van der Waals surface area contributed by atoms with E-state index in [9.17, 15) is 9.90 Å². The zero-order valence-corrected chi connectivity index (χ0v) is 20.1. The predicted molar refractivity (Wildman–Crippen MR) is 137 cm³/mol. The topological polar surface area (TPSA) is 113 Å². The van der Waals surface area contributed by atoms with Gasteiger partial charge in [-0.25, -0.2) is 0 Å². The van der Waals surface area contributed by atoms with E-state index in [1.807, 2.05) is 36.4 Å². The summed E-state index contributed by atoms with van der Waals surface area (Å²) in [5.41, 5.74) is 10.5. The number of hydrogen-bond acceptors (Lipinski definition) is 7. The van der Waals surface area contributed by atoms with Crippen LogP contribution < -0.4 is 16.4 Å². The molecule has 8 nitrogen and oxygen atoms in total. The summed E-state index contributed by atoms with van der Waals surface area (Å²) < 4.78 is 5.74. The van der Waals surface area contributed by atoms with Crippen molar-refractivity contribution in [3.8, 4) is 5.75 Å². The second kappa shape index (κ2) is 12.0. The van der Waals surface area contributed by atoms with Crippen LogP contribution in [0, 0.1) is 0 Å². The van der Waals surface area contributed by atoms with Gasteiger partial charge in [0, 0.05) is 60.9 Å². The highest BCUT2D eigenvalue weighted by Gasteiger charge is 2.28. The number of pyridine rings is 1. The van der Waals surface area contributed by atoms with Crippen molar-refractivity contribution >= 4 is 28.9 Å². The second-order valence-corrected chi connectivity index (χ2v) is 8.79. The van der Waals surface area contributed by atoms with Crippen LogP contribution in [-0.4, -0.2) is 59.8 Å². The third-order valence-electron chi connectivity index (χ3n) is 5.94. The molecule has 1 aliphatic heterocycles. The van der Waals surface area contributed by atoms with Crippen LogP contribution in [0.4, 0.5) is 11.4 Å². The van der Waals surface area contributed by atoms with Gasteiger partial charge >= 0.3 is 0 Å². The lowest BCUT2D eigenvalue weighted by Crippen LogP contribution is -2.49. The number of morpholine rings is 1. The maximum atomic E-state index is 12.3. The Morgan fingerprint density at radius 2 is 2.03 bits per heavy atom. The summed E-state index contributed by atoms with van der Waals surface area (Å²) in [6.45, 7) is 2.56. The van der Waals surface area contributed by atoms with E-state index in [2.05, 4.69) is 20.5 Å². The minimum absolute atomic E-state index is 0.163. The van der Waals surface area contributed by atoms with Gasteiger partial charge in [0.1, 0.15) is 5.75 Å². The number of rotatable bonds is 9. The lowest BCUT2D eigenvalue weighted by Gasteiger charge is -2.37. The normalized spacial score (nSPS) is 17.0. The summed E-state index contributed by atoms with van der Waals surface area (Å²) in [6, 6.07) is 16.3. The molecule has 1 aromatic heterocycles. The third-order valence-corrected chi connectivity index (χ3v) is 6.25. The van der Waals surface area contributed by atoms with E-state index in [4.69, 9.17) is 22.1 Å². The van der Waals surface area contributed by atoms with Crippen molar-refractivity contribution in [3.05, 3.63) is 83.7 Å². The van der Waals surface area contributed by atoms with E-state index in [-0.39, 0.29) is 23.7 Å². The lowest BCUT2D eigenvalue weighted by atomic mass is 10.0. The van der Waals surface area contributed by atoms with Crippen molar-refractivity contribution < 1.29 is 14.6 Å². The largest absolute Gasteiger partial charge is 0.508 e. The van der Waals surface area contributed by atoms with E-state index >= 15 is 0 Å². The van der Waals surface area contributed by atoms with Crippen molar-refractivity contribution in [1.29, 1.82) is 0 Å². The molecule has 3 aromatic rings. The molecule has 1 fully saturated rings. The Kier molecular flexibility index (Phi) is 8.54. The van der Waals surface area contributed by atoms with Gasteiger partial charge < -0.3 is 26.2 Å². The van der Waals surface area contributed by atoms with Gasteiger partial charge in [-0.2, -0.15) is 0 Å². The molecule has 5 N–H and O–H groups in total. The number of amides is 1. The van der Waals surface area contributed by atoms with Crippen LogP contribution in [0.2, 0.25) is 0 Å². The molecule has 4 rings (SSSR count). The Morgan fingerprint density at radius 3 is 2.77 bits per heavy atom. The van der Waals surface area contributed by atoms with Gasteiger partial charge in [0.2, 0.25) is 0 Å². The first kappa shape index (κ1) is 24.9. The number of phenols is 1. The molecule has 35 heavy (non-hydrogen) atoms. The first-order valence-corrected chi connectivity index (χ1v) is 12.1. The summed E-state index contributed by atoms with van der Waals surface area (Å²) in [5, 5.41) is 16.9. The number of ether oxygens (including phenoxy) is 1. The minimum Gasteiger partial charge on any atom is -0.508 e. The number of nitrogens with two attached hydrogens (primary N) is 1. The second-order valence-electron chi connectivity index (χ2n) is 8.53. The summed E-state index contributed by atoms with van der Waals surface area (Å²) in [7, 11) is 0. The number of carbonyl (C=O) groups excluding carboxylic acids is 1. The molecule has 2 atom stereocenters. The summed E-state index contributed by atoms with van der Waals surface area (Å²) >= 11 is 5.88. The highest BCUT2D eigenvalue weighted by atomic mass is 35.5. The van der Waals surface area contributed by atoms with Gasteiger partial charge in [-0.3, -0.25) is 14.7 Å². The Bertz CT molecular complexity index is 1110. The van der Waals surface area contributed by atoms with Crippen LogP contribution in [0.5, 0.6) is 5.75 Å². The smallest absolute Gasteiger partial charge is 0.252 e. The molecule has 1 amide bonds. The molecule has 184 valence electrons. The van der Waals surface area contributed by atoms with E-state index in [1.54, 1.807) is 24.4 Å². The van der Waals surface area contributed by atoms with Crippen LogP contribution in [0.1, 0.15) is 27.5 Å². The Balaban J connectivity index is 1.41. The maximum Gasteiger partial charge on any atom is 0.252 e. The van der Waals surface area contributed by atoms with Crippen LogP contribution in [-0.2, 0) is 10.6 Å². The number of nitrogens with zero attached hydrogens (tertiary/aromatic N) is 2. The van der Waals surface area contributed by atoms with Crippen molar-refractivity contribution in [3.63, 3.8) is 0 Å². The number of aromatic hydroxyl groups is 1. The average molecular weight is 496 g/mol. The minimum atomic E-state index is -0.292. The zero-order valence-electron chi connectivity index (χ0n) is 19.4. The lowest BCUT2D eigenvalue weighted by molar-refractivity contribution is -0.0115. The van der Waals surface area contributed by atoms with Gasteiger partial charge in [-0.05, 0) is 48.0 Å². The fourth-order valence-electron chi connectivity index (χ4n) is 4.07. The van der Waals surface area contributed by atoms with Crippen molar-refractivity contribution in [2.45, 2.75) is 18.0 Å². The summed E-state index contributed by atoms with van der Waals surface area (Å²) in [6.07, 6.45) is 3.15. The molecular weight excluding hydrogens is 466 g/mol. The van der Waals surface area contributed by atoms with E-state index in [0.717, 1.165) is 22.5 Å². The van der Waals surface area contributed by atoms with Crippen LogP contribution in [0.15, 0.2) is 67.0 Å². The van der Waals surface area contributed by atoms with Gasteiger partial charge in [0.05, 0.1) is 24.8 Å². The van der Waals surface area contributed by atoms with Crippen LogP contribution >= 0.6 is 11.6 Å². The monoisotopic (exact) mass is 495 g/mol. The standard InChI is InChI=1S/C26H30ClN5O3/c27-13-18-3-5-21(6-4-18)31-22-7-8-25(33)23(12-22)24-17-35-11-10-32(24)16-20(28)15-30-26(34)19-2-1-9-29-14-19/h1-9,12,14,20,24,31,33H,10-11,13,15-17,28H2,(H,30,34). The first-order chi connectivity index (χ1) is 17.0. The number of carbonyl (C=O) groups is 1.